The topological polar surface area (TPSA) is 43.1 Å². The van der Waals surface area contributed by atoms with Crippen molar-refractivity contribution in [1.82, 2.24) is 19.6 Å². The first kappa shape index (κ1) is 13.8. The van der Waals surface area contributed by atoms with Gasteiger partial charge in [-0.05, 0) is 48.0 Å². The van der Waals surface area contributed by atoms with E-state index in [4.69, 9.17) is 23.2 Å². The maximum atomic E-state index is 6.13. The van der Waals surface area contributed by atoms with Gasteiger partial charge in [-0.15, -0.1) is 10.2 Å². The van der Waals surface area contributed by atoms with E-state index >= 15 is 0 Å². The summed E-state index contributed by atoms with van der Waals surface area (Å²) in [6.07, 6.45) is 0. The first-order valence-electron chi connectivity index (χ1n) is 5.82. The number of fused-ring (bicyclic) bond motifs is 1. The molecule has 0 unspecified atom stereocenters. The van der Waals surface area contributed by atoms with Crippen molar-refractivity contribution in [2.45, 2.75) is 13.8 Å². The Kier molecular flexibility index (Phi) is 3.44. The first-order valence-corrected chi connectivity index (χ1v) is 7.37. The van der Waals surface area contributed by atoms with Crippen LogP contribution in [0.4, 0.5) is 0 Å². The molecular weight excluding hydrogens is 363 g/mol. The molecule has 0 aliphatic heterocycles. The fourth-order valence-electron chi connectivity index (χ4n) is 2.02. The van der Waals surface area contributed by atoms with Crippen LogP contribution in [0.1, 0.15) is 11.4 Å². The second kappa shape index (κ2) is 4.98. The first-order chi connectivity index (χ1) is 9.49. The van der Waals surface area contributed by atoms with Gasteiger partial charge in [0.1, 0.15) is 0 Å². The summed E-state index contributed by atoms with van der Waals surface area (Å²) >= 11 is 15.6. The van der Waals surface area contributed by atoms with Crippen LogP contribution in [-0.4, -0.2) is 19.6 Å². The van der Waals surface area contributed by atoms with Gasteiger partial charge in [-0.3, -0.25) is 4.40 Å². The predicted molar refractivity (Wildman–Crippen MR) is 83.4 cm³/mol. The molecule has 0 saturated carbocycles. The van der Waals surface area contributed by atoms with Crippen molar-refractivity contribution >= 4 is 44.8 Å². The average molecular weight is 372 g/mol. The molecule has 0 atom stereocenters. The smallest absolute Gasteiger partial charge is 0.199 e. The molecule has 102 valence electrons. The normalized spacial score (nSPS) is 11.2. The standard InChI is InChI=1S/C13H9BrCl2N4/c1-6-7(2)20-12(18-19-13(20)11(16)17-6)9-4-3-8(15)5-10(9)14/h3-5H,1-2H3. The Morgan fingerprint density at radius 3 is 2.60 bits per heavy atom. The maximum Gasteiger partial charge on any atom is 0.199 e. The third-order valence-electron chi connectivity index (χ3n) is 3.14. The Morgan fingerprint density at radius 1 is 1.15 bits per heavy atom. The van der Waals surface area contributed by atoms with Crippen molar-refractivity contribution in [2.24, 2.45) is 0 Å². The van der Waals surface area contributed by atoms with E-state index in [1.54, 1.807) is 0 Å². The van der Waals surface area contributed by atoms with Crippen LogP contribution in [0, 0.1) is 13.8 Å². The molecule has 2 aromatic heterocycles. The van der Waals surface area contributed by atoms with Crippen molar-refractivity contribution in [3.8, 4) is 11.4 Å². The lowest BCUT2D eigenvalue weighted by atomic mass is 10.2. The Hall–Kier alpha value is -1.17. The van der Waals surface area contributed by atoms with Crippen molar-refractivity contribution in [2.75, 3.05) is 0 Å². The number of hydrogen-bond acceptors (Lipinski definition) is 3. The Bertz CT molecular complexity index is 829. The third-order valence-corrected chi connectivity index (χ3v) is 4.29. The molecular formula is C13H9BrCl2N4. The Labute approximate surface area is 133 Å². The summed E-state index contributed by atoms with van der Waals surface area (Å²) in [6, 6.07) is 5.53. The van der Waals surface area contributed by atoms with Crippen LogP contribution in [-0.2, 0) is 0 Å². The van der Waals surface area contributed by atoms with Gasteiger partial charge in [0.05, 0.1) is 5.69 Å². The zero-order valence-electron chi connectivity index (χ0n) is 10.7. The quantitative estimate of drug-likeness (QED) is 0.633. The number of rotatable bonds is 1. The van der Waals surface area contributed by atoms with Gasteiger partial charge in [0.15, 0.2) is 16.6 Å². The lowest BCUT2D eigenvalue weighted by Crippen LogP contribution is -2.01. The van der Waals surface area contributed by atoms with Crippen LogP contribution < -0.4 is 0 Å². The summed E-state index contributed by atoms with van der Waals surface area (Å²) in [5, 5.41) is 9.36. The van der Waals surface area contributed by atoms with E-state index in [0.717, 1.165) is 21.4 Å². The van der Waals surface area contributed by atoms with Gasteiger partial charge in [0, 0.05) is 20.8 Å². The molecule has 0 spiro atoms. The summed E-state index contributed by atoms with van der Waals surface area (Å²) < 4.78 is 2.75. The van der Waals surface area contributed by atoms with E-state index in [0.29, 0.717) is 21.6 Å². The van der Waals surface area contributed by atoms with Crippen molar-refractivity contribution < 1.29 is 0 Å². The number of aromatic nitrogens is 4. The number of halogens is 3. The second-order valence-corrected chi connectivity index (χ2v) is 6.03. The van der Waals surface area contributed by atoms with Crippen LogP contribution in [0.15, 0.2) is 22.7 Å². The highest BCUT2D eigenvalue weighted by atomic mass is 79.9. The molecule has 0 saturated heterocycles. The van der Waals surface area contributed by atoms with E-state index in [1.165, 1.54) is 0 Å². The number of aryl methyl sites for hydroxylation is 2. The highest BCUT2D eigenvalue weighted by Crippen LogP contribution is 2.31. The zero-order valence-corrected chi connectivity index (χ0v) is 13.8. The largest absolute Gasteiger partial charge is 0.275 e. The van der Waals surface area contributed by atoms with E-state index in [1.807, 2.05) is 36.4 Å². The molecule has 0 aliphatic carbocycles. The van der Waals surface area contributed by atoms with E-state index in [9.17, 15) is 0 Å². The minimum absolute atomic E-state index is 0.344. The number of benzene rings is 1. The summed E-state index contributed by atoms with van der Waals surface area (Å²) in [5.74, 6) is 0.702. The summed E-state index contributed by atoms with van der Waals surface area (Å²) in [4.78, 5) is 4.25. The highest BCUT2D eigenvalue weighted by molar-refractivity contribution is 9.10. The minimum atomic E-state index is 0.344. The SMILES string of the molecule is Cc1nc(Cl)c2nnc(-c3ccc(Cl)cc3Br)n2c1C. The van der Waals surface area contributed by atoms with Crippen LogP contribution in [0.3, 0.4) is 0 Å². The summed E-state index contributed by atoms with van der Waals surface area (Å²) in [6.45, 7) is 3.86. The molecule has 2 heterocycles. The lowest BCUT2D eigenvalue weighted by molar-refractivity contribution is 0.999. The molecule has 0 fully saturated rings. The monoisotopic (exact) mass is 370 g/mol. The molecule has 1 aromatic carbocycles. The molecule has 3 aromatic rings. The molecule has 0 aliphatic rings. The van der Waals surface area contributed by atoms with Gasteiger partial charge in [0.2, 0.25) is 0 Å². The summed E-state index contributed by atoms with van der Waals surface area (Å²) in [7, 11) is 0. The van der Waals surface area contributed by atoms with Gasteiger partial charge in [-0.2, -0.15) is 0 Å². The maximum absolute atomic E-state index is 6.13. The zero-order chi connectivity index (χ0) is 14.4. The molecule has 0 amide bonds. The fraction of sp³-hybridized carbons (Fsp3) is 0.154. The lowest BCUT2D eigenvalue weighted by Gasteiger charge is -2.08. The van der Waals surface area contributed by atoms with Crippen LogP contribution in [0.2, 0.25) is 10.2 Å². The number of nitrogens with zero attached hydrogens (tertiary/aromatic N) is 4. The van der Waals surface area contributed by atoms with Crippen molar-refractivity contribution in [1.29, 1.82) is 0 Å². The van der Waals surface area contributed by atoms with Gasteiger partial charge < -0.3 is 0 Å². The van der Waals surface area contributed by atoms with Gasteiger partial charge in [0.25, 0.3) is 0 Å². The van der Waals surface area contributed by atoms with Gasteiger partial charge in [-0.25, -0.2) is 4.98 Å². The molecule has 0 radical (unpaired) electrons. The van der Waals surface area contributed by atoms with Gasteiger partial charge >= 0.3 is 0 Å². The summed E-state index contributed by atoms with van der Waals surface area (Å²) in [5.41, 5.74) is 3.23. The van der Waals surface area contributed by atoms with Gasteiger partial charge in [-0.1, -0.05) is 23.2 Å². The second-order valence-electron chi connectivity index (χ2n) is 4.38. The Morgan fingerprint density at radius 2 is 1.90 bits per heavy atom. The van der Waals surface area contributed by atoms with Crippen molar-refractivity contribution in [3.63, 3.8) is 0 Å². The van der Waals surface area contributed by atoms with Crippen molar-refractivity contribution in [3.05, 3.63) is 44.2 Å². The number of hydrogen-bond donors (Lipinski definition) is 0. The average Bonchev–Trinajstić information content (AvgIpc) is 2.81. The fourth-order valence-corrected chi connectivity index (χ4v) is 3.13. The van der Waals surface area contributed by atoms with E-state index < -0.39 is 0 Å². The molecule has 0 bridgehead atoms. The van der Waals surface area contributed by atoms with E-state index in [-0.39, 0.29) is 0 Å². The van der Waals surface area contributed by atoms with Crippen LogP contribution >= 0.6 is 39.1 Å². The molecule has 7 heteroatoms. The molecule has 4 nitrogen and oxygen atoms in total. The molecule has 3 rings (SSSR count). The molecule has 20 heavy (non-hydrogen) atoms. The minimum Gasteiger partial charge on any atom is -0.275 e. The predicted octanol–water partition coefficient (Wildman–Crippen LogP) is 4.48. The Balaban J connectivity index is 2.38. The molecule has 0 N–H and O–H groups in total. The van der Waals surface area contributed by atoms with E-state index in [2.05, 4.69) is 31.1 Å². The van der Waals surface area contributed by atoms with Crippen LogP contribution in [0.25, 0.3) is 17.0 Å². The van der Waals surface area contributed by atoms with Crippen LogP contribution in [0.5, 0.6) is 0 Å². The highest BCUT2D eigenvalue weighted by Gasteiger charge is 2.17. The third kappa shape index (κ3) is 2.10.